The normalized spacial score (nSPS) is 10.6. The molecule has 0 spiro atoms. The van der Waals surface area contributed by atoms with Crippen molar-refractivity contribution >= 4 is 39.3 Å². The second kappa shape index (κ2) is 7.63. The number of nitrogens with zero attached hydrogens (tertiary/aromatic N) is 2. The molecule has 0 aliphatic carbocycles. The van der Waals surface area contributed by atoms with Gasteiger partial charge in [-0.3, -0.25) is 9.89 Å². The van der Waals surface area contributed by atoms with Crippen molar-refractivity contribution in [1.82, 2.24) is 15.2 Å². The van der Waals surface area contributed by atoms with Crippen LogP contribution in [0.3, 0.4) is 0 Å². The molecule has 2 N–H and O–H groups in total. The SMILES string of the molecule is Cc1ccc(NC(=O)CSc2n[nH]c(-c3ccc(Br)cc3)n2)cc1. The summed E-state index contributed by atoms with van der Waals surface area (Å²) in [6.45, 7) is 2.01. The van der Waals surface area contributed by atoms with Gasteiger partial charge in [0.15, 0.2) is 5.82 Å². The zero-order valence-corrected chi connectivity index (χ0v) is 15.3. The number of amides is 1. The molecule has 1 amide bonds. The second-order valence-electron chi connectivity index (χ2n) is 5.18. The quantitative estimate of drug-likeness (QED) is 0.624. The lowest BCUT2D eigenvalue weighted by Gasteiger charge is -2.04. The zero-order chi connectivity index (χ0) is 16.9. The first-order valence-electron chi connectivity index (χ1n) is 7.28. The van der Waals surface area contributed by atoms with E-state index < -0.39 is 0 Å². The van der Waals surface area contributed by atoms with Crippen molar-refractivity contribution in [3.8, 4) is 11.4 Å². The Hall–Kier alpha value is -2.12. The van der Waals surface area contributed by atoms with Crippen LogP contribution in [-0.2, 0) is 4.79 Å². The summed E-state index contributed by atoms with van der Waals surface area (Å²) < 4.78 is 1.01. The van der Waals surface area contributed by atoms with Gasteiger partial charge in [-0.2, -0.15) is 0 Å². The molecule has 0 aliphatic heterocycles. The van der Waals surface area contributed by atoms with Crippen LogP contribution in [-0.4, -0.2) is 26.8 Å². The van der Waals surface area contributed by atoms with Crippen molar-refractivity contribution in [1.29, 1.82) is 0 Å². The highest BCUT2D eigenvalue weighted by Gasteiger charge is 2.09. The minimum atomic E-state index is -0.0844. The summed E-state index contributed by atoms with van der Waals surface area (Å²) in [5, 5.41) is 10.4. The van der Waals surface area contributed by atoms with Gasteiger partial charge in [-0.05, 0) is 31.2 Å². The van der Waals surface area contributed by atoms with Crippen molar-refractivity contribution in [2.24, 2.45) is 0 Å². The molecule has 1 heterocycles. The molecule has 5 nitrogen and oxygen atoms in total. The summed E-state index contributed by atoms with van der Waals surface area (Å²) in [4.78, 5) is 16.4. The van der Waals surface area contributed by atoms with Crippen LogP contribution in [0.4, 0.5) is 5.69 Å². The monoisotopic (exact) mass is 402 g/mol. The van der Waals surface area contributed by atoms with E-state index in [-0.39, 0.29) is 11.7 Å². The van der Waals surface area contributed by atoms with Gasteiger partial charge >= 0.3 is 0 Å². The van der Waals surface area contributed by atoms with Crippen molar-refractivity contribution in [3.63, 3.8) is 0 Å². The average molecular weight is 403 g/mol. The predicted molar refractivity (Wildman–Crippen MR) is 100 cm³/mol. The van der Waals surface area contributed by atoms with E-state index in [1.54, 1.807) is 0 Å². The molecule has 1 aromatic heterocycles. The van der Waals surface area contributed by atoms with Crippen molar-refractivity contribution in [3.05, 3.63) is 58.6 Å². The molecule has 3 aromatic rings. The minimum absolute atomic E-state index is 0.0844. The summed E-state index contributed by atoms with van der Waals surface area (Å²) >= 11 is 4.70. The molecule has 0 fully saturated rings. The largest absolute Gasteiger partial charge is 0.325 e. The Bertz CT molecular complexity index is 831. The molecule has 7 heteroatoms. The van der Waals surface area contributed by atoms with E-state index in [2.05, 4.69) is 36.4 Å². The van der Waals surface area contributed by atoms with Gasteiger partial charge < -0.3 is 5.32 Å². The van der Waals surface area contributed by atoms with Crippen molar-refractivity contribution < 1.29 is 4.79 Å². The smallest absolute Gasteiger partial charge is 0.234 e. The molecule has 0 aliphatic rings. The highest BCUT2D eigenvalue weighted by Crippen LogP contribution is 2.21. The molecule has 0 unspecified atom stereocenters. The van der Waals surface area contributed by atoms with Gasteiger partial charge in [0, 0.05) is 15.7 Å². The Morgan fingerprint density at radius 3 is 2.58 bits per heavy atom. The molecular weight excluding hydrogens is 388 g/mol. The maximum absolute atomic E-state index is 12.0. The third kappa shape index (κ3) is 4.46. The summed E-state index contributed by atoms with van der Waals surface area (Å²) in [6.07, 6.45) is 0. The van der Waals surface area contributed by atoms with Crippen molar-refractivity contribution in [2.45, 2.75) is 12.1 Å². The maximum Gasteiger partial charge on any atom is 0.234 e. The number of benzene rings is 2. The number of carbonyl (C=O) groups excluding carboxylic acids is 1. The van der Waals surface area contributed by atoms with Crippen molar-refractivity contribution in [2.75, 3.05) is 11.1 Å². The number of hydrogen-bond acceptors (Lipinski definition) is 4. The van der Waals surface area contributed by atoms with E-state index in [1.165, 1.54) is 11.8 Å². The number of nitrogens with one attached hydrogen (secondary N) is 2. The van der Waals surface area contributed by atoms with E-state index in [9.17, 15) is 4.79 Å². The number of H-pyrrole nitrogens is 1. The topological polar surface area (TPSA) is 70.7 Å². The second-order valence-corrected chi connectivity index (χ2v) is 7.03. The van der Waals surface area contributed by atoms with E-state index in [4.69, 9.17) is 0 Å². The molecular formula is C17H15BrN4OS. The van der Waals surface area contributed by atoms with Gasteiger partial charge in [-0.25, -0.2) is 4.98 Å². The van der Waals surface area contributed by atoms with E-state index in [0.717, 1.165) is 21.3 Å². The average Bonchev–Trinajstić information content (AvgIpc) is 3.05. The summed E-state index contributed by atoms with van der Waals surface area (Å²) in [7, 11) is 0. The van der Waals surface area contributed by atoms with Gasteiger partial charge in [0.1, 0.15) is 0 Å². The maximum atomic E-state index is 12.0. The highest BCUT2D eigenvalue weighted by molar-refractivity contribution is 9.10. The van der Waals surface area contributed by atoms with E-state index >= 15 is 0 Å². The van der Waals surface area contributed by atoms with Gasteiger partial charge in [0.25, 0.3) is 0 Å². The Morgan fingerprint density at radius 1 is 1.17 bits per heavy atom. The number of rotatable bonds is 5. The lowest BCUT2D eigenvalue weighted by atomic mass is 10.2. The molecule has 0 radical (unpaired) electrons. The number of hydrogen-bond donors (Lipinski definition) is 2. The van der Waals surface area contributed by atoms with Gasteiger partial charge in [-0.15, -0.1) is 5.10 Å². The standard InChI is InChI=1S/C17H15BrN4OS/c1-11-2-8-14(9-3-11)19-15(23)10-24-17-20-16(21-22-17)12-4-6-13(18)7-5-12/h2-9H,10H2,1H3,(H,19,23)(H,20,21,22). The molecule has 0 saturated heterocycles. The lowest BCUT2D eigenvalue weighted by molar-refractivity contribution is -0.113. The fraction of sp³-hybridized carbons (Fsp3) is 0.118. The number of aromatic nitrogens is 3. The molecule has 0 atom stereocenters. The Balaban J connectivity index is 1.56. The fourth-order valence-corrected chi connectivity index (χ4v) is 2.87. The summed E-state index contributed by atoms with van der Waals surface area (Å²) in [6, 6.07) is 15.5. The van der Waals surface area contributed by atoms with E-state index in [1.807, 2.05) is 55.5 Å². The van der Waals surface area contributed by atoms with Crippen LogP contribution >= 0.6 is 27.7 Å². The number of aromatic amines is 1. The van der Waals surface area contributed by atoms with Gasteiger partial charge in [0.2, 0.25) is 11.1 Å². The van der Waals surface area contributed by atoms with Crippen LogP contribution in [0.15, 0.2) is 58.2 Å². The lowest BCUT2D eigenvalue weighted by Crippen LogP contribution is -2.14. The Morgan fingerprint density at radius 2 is 1.88 bits per heavy atom. The van der Waals surface area contributed by atoms with Crippen LogP contribution in [0.2, 0.25) is 0 Å². The predicted octanol–water partition coefficient (Wildman–Crippen LogP) is 4.27. The number of carbonyl (C=O) groups is 1. The molecule has 0 saturated carbocycles. The van der Waals surface area contributed by atoms with Gasteiger partial charge in [-0.1, -0.05) is 57.5 Å². The van der Waals surface area contributed by atoms with Crippen LogP contribution in [0.25, 0.3) is 11.4 Å². The Labute approximate surface area is 152 Å². The number of halogens is 1. The molecule has 0 bridgehead atoms. The van der Waals surface area contributed by atoms with Crippen LogP contribution in [0.1, 0.15) is 5.56 Å². The number of aryl methyl sites for hydroxylation is 1. The fourth-order valence-electron chi connectivity index (χ4n) is 2.01. The summed E-state index contributed by atoms with van der Waals surface area (Å²) in [5.74, 6) is 0.855. The van der Waals surface area contributed by atoms with Gasteiger partial charge in [0.05, 0.1) is 5.75 Å². The summed E-state index contributed by atoms with van der Waals surface area (Å²) in [5.41, 5.74) is 2.89. The first kappa shape index (κ1) is 16.7. The van der Waals surface area contributed by atoms with Crippen LogP contribution < -0.4 is 5.32 Å². The minimum Gasteiger partial charge on any atom is -0.325 e. The first-order valence-corrected chi connectivity index (χ1v) is 9.06. The zero-order valence-electron chi connectivity index (χ0n) is 12.9. The van der Waals surface area contributed by atoms with Crippen LogP contribution in [0.5, 0.6) is 0 Å². The third-order valence-corrected chi connectivity index (χ3v) is 4.63. The third-order valence-electron chi connectivity index (χ3n) is 3.25. The Kier molecular flexibility index (Phi) is 5.32. The number of anilines is 1. The molecule has 3 rings (SSSR count). The van der Waals surface area contributed by atoms with E-state index in [0.29, 0.717) is 11.0 Å². The van der Waals surface area contributed by atoms with Crippen LogP contribution in [0, 0.1) is 6.92 Å². The number of thioether (sulfide) groups is 1. The molecule has 24 heavy (non-hydrogen) atoms. The molecule has 2 aromatic carbocycles. The first-order chi connectivity index (χ1) is 11.6. The molecule has 122 valence electrons. The highest BCUT2D eigenvalue weighted by atomic mass is 79.9.